The molecule has 1 aliphatic rings. The summed E-state index contributed by atoms with van der Waals surface area (Å²) >= 11 is 0. The first kappa shape index (κ1) is 16.3. The highest BCUT2D eigenvalue weighted by Crippen LogP contribution is 2.29. The fourth-order valence-corrected chi connectivity index (χ4v) is 4.38. The molecule has 1 aromatic carbocycles. The maximum atomic E-state index is 12.7. The molecule has 1 aliphatic heterocycles. The highest BCUT2D eigenvalue weighted by molar-refractivity contribution is 7.89. The van der Waals surface area contributed by atoms with Crippen LogP contribution in [-0.4, -0.2) is 43.1 Å². The first-order chi connectivity index (χ1) is 9.86. The second kappa shape index (κ2) is 6.34. The van der Waals surface area contributed by atoms with Crippen LogP contribution in [0.3, 0.4) is 0 Å². The van der Waals surface area contributed by atoms with Crippen LogP contribution in [0.25, 0.3) is 0 Å². The van der Waals surface area contributed by atoms with Gasteiger partial charge < -0.3 is 9.84 Å². The van der Waals surface area contributed by atoms with Crippen LogP contribution in [-0.2, 0) is 10.0 Å². The predicted octanol–water partition coefficient (Wildman–Crippen LogP) is 1.93. The highest BCUT2D eigenvalue weighted by Gasteiger charge is 2.34. The summed E-state index contributed by atoms with van der Waals surface area (Å²) in [6.07, 6.45) is 1.55. The summed E-state index contributed by atoms with van der Waals surface area (Å²) in [5, 5.41) is 9.32. The van der Waals surface area contributed by atoms with Gasteiger partial charge >= 0.3 is 0 Å². The SMILES string of the molecule is Cc1cc(S(=O)(=O)N2CCCC2CO)ccc1OC(C)C. The van der Waals surface area contributed by atoms with Gasteiger partial charge in [0, 0.05) is 12.6 Å². The molecule has 1 aromatic rings. The number of aliphatic hydroxyl groups is 1. The van der Waals surface area contributed by atoms with Crippen molar-refractivity contribution in [2.24, 2.45) is 0 Å². The molecule has 0 amide bonds. The largest absolute Gasteiger partial charge is 0.491 e. The third-order valence-electron chi connectivity index (χ3n) is 3.65. The van der Waals surface area contributed by atoms with Gasteiger partial charge in [0.15, 0.2) is 0 Å². The predicted molar refractivity (Wildman–Crippen MR) is 80.9 cm³/mol. The summed E-state index contributed by atoms with van der Waals surface area (Å²) in [5.41, 5.74) is 0.796. The quantitative estimate of drug-likeness (QED) is 0.902. The van der Waals surface area contributed by atoms with Crippen LogP contribution in [0.15, 0.2) is 23.1 Å². The third kappa shape index (κ3) is 3.39. The molecule has 1 saturated heterocycles. The number of nitrogens with zero attached hydrogens (tertiary/aromatic N) is 1. The first-order valence-electron chi connectivity index (χ1n) is 7.26. The van der Waals surface area contributed by atoms with Crippen LogP contribution < -0.4 is 4.74 Å². The molecule has 6 heteroatoms. The van der Waals surface area contributed by atoms with Crippen LogP contribution in [0, 0.1) is 6.92 Å². The van der Waals surface area contributed by atoms with Crippen molar-refractivity contribution in [1.82, 2.24) is 4.31 Å². The number of sulfonamides is 1. The number of hydrogen-bond acceptors (Lipinski definition) is 4. The molecule has 0 aliphatic carbocycles. The molecule has 0 saturated carbocycles. The van der Waals surface area contributed by atoms with Crippen molar-refractivity contribution < 1.29 is 18.3 Å². The molecule has 1 unspecified atom stereocenters. The molecule has 0 bridgehead atoms. The molecule has 1 fully saturated rings. The first-order valence-corrected chi connectivity index (χ1v) is 8.70. The van der Waals surface area contributed by atoms with Crippen LogP contribution >= 0.6 is 0 Å². The third-order valence-corrected chi connectivity index (χ3v) is 5.60. The number of benzene rings is 1. The van der Waals surface area contributed by atoms with Crippen LogP contribution in [0.2, 0.25) is 0 Å². The summed E-state index contributed by atoms with van der Waals surface area (Å²) in [5.74, 6) is 0.698. The van der Waals surface area contributed by atoms with Gasteiger partial charge in [0.1, 0.15) is 5.75 Å². The lowest BCUT2D eigenvalue weighted by Crippen LogP contribution is -2.37. The Balaban J connectivity index is 2.31. The van der Waals surface area contributed by atoms with Crippen LogP contribution in [0.5, 0.6) is 5.75 Å². The zero-order valence-corrected chi connectivity index (χ0v) is 13.6. The van der Waals surface area contributed by atoms with E-state index < -0.39 is 10.0 Å². The van der Waals surface area contributed by atoms with Crippen molar-refractivity contribution in [3.63, 3.8) is 0 Å². The van der Waals surface area contributed by atoms with Gasteiger partial charge in [0.05, 0.1) is 17.6 Å². The van der Waals surface area contributed by atoms with Gasteiger partial charge in [-0.2, -0.15) is 4.31 Å². The van der Waals surface area contributed by atoms with Gasteiger partial charge in [-0.25, -0.2) is 8.42 Å². The molecule has 1 heterocycles. The van der Waals surface area contributed by atoms with E-state index in [-0.39, 0.29) is 23.6 Å². The average molecular weight is 313 g/mol. The van der Waals surface area contributed by atoms with Gasteiger partial charge in [0.25, 0.3) is 0 Å². The Morgan fingerprint density at radius 1 is 1.43 bits per heavy atom. The minimum Gasteiger partial charge on any atom is -0.491 e. The molecule has 0 aromatic heterocycles. The van der Waals surface area contributed by atoms with Gasteiger partial charge in [-0.1, -0.05) is 0 Å². The molecule has 1 N–H and O–H groups in total. The van der Waals surface area contributed by atoms with E-state index in [2.05, 4.69) is 0 Å². The van der Waals surface area contributed by atoms with Crippen molar-refractivity contribution in [1.29, 1.82) is 0 Å². The zero-order valence-electron chi connectivity index (χ0n) is 12.7. The minimum absolute atomic E-state index is 0.0449. The molecule has 118 valence electrons. The van der Waals surface area contributed by atoms with Crippen molar-refractivity contribution in [2.75, 3.05) is 13.2 Å². The van der Waals surface area contributed by atoms with Gasteiger partial charge in [-0.05, 0) is 57.4 Å². The van der Waals surface area contributed by atoms with E-state index in [9.17, 15) is 13.5 Å². The summed E-state index contributed by atoms with van der Waals surface area (Å²) < 4.78 is 32.4. The van der Waals surface area contributed by atoms with Crippen molar-refractivity contribution in [3.8, 4) is 5.75 Å². The Morgan fingerprint density at radius 3 is 2.71 bits per heavy atom. The fourth-order valence-electron chi connectivity index (χ4n) is 2.61. The summed E-state index contributed by atoms with van der Waals surface area (Å²) in [4.78, 5) is 0.261. The van der Waals surface area contributed by atoms with Gasteiger partial charge in [-0.3, -0.25) is 0 Å². The Labute approximate surface area is 126 Å². The Hall–Kier alpha value is -1.11. The van der Waals surface area contributed by atoms with E-state index in [4.69, 9.17) is 4.74 Å². The maximum Gasteiger partial charge on any atom is 0.243 e. The van der Waals surface area contributed by atoms with Gasteiger partial charge in [-0.15, -0.1) is 0 Å². The van der Waals surface area contributed by atoms with E-state index in [1.165, 1.54) is 4.31 Å². The normalized spacial score (nSPS) is 20.1. The lowest BCUT2D eigenvalue weighted by molar-refractivity contribution is 0.213. The van der Waals surface area contributed by atoms with E-state index in [0.29, 0.717) is 18.7 Å². The summed E-state index contributed by atoms with van der Waals surface area (Å²) in [7, 11) is -3.55. The molecule has 0 radical (unpaired) electrons. The Kier molecular flexibility index (Phi) is 4.91. The molecule has 1 atom stereocenters. The van der Waals surface area contributed by atoms with Crippen molar-refractivity contribution in [3.05, 3.63) is 23.8 Å². The molecular formula is C15H23NO4S. The molecular weight excluding hydrogens is 290 g/mol. The van der Waals surface area contributed by atoms with E-state index in [1.54, 1.807) is 18.2 Å². The van der Waals surface area contributed by atoms with E-state index >= 15 is 0 Å². The van der Waals surface area contributed by atoms with E-state index in [1.807, 2.05) is 20.8 Å². The van der Waals surface area contributed by atoms with Crippen LogP contribution in [0.1, 0.15) is 32.3 Å². The molecule has 2 rings (SSSR count). The summed E-state index contributed by atoms with van der Waals surface area (Å²) in [6.45, 7) is 6.04. The second-order valence-electron chi connectivity index (χ2n) is 5.69. The lowest BCUT2D eigenvalue weighted by atomic mass is 10.2. The van der Waals surface area contributed by atoms with E-state index in [0.717, 1.165) is 12.0 Å². The number of ether oxygens (including phenoxy) is 1. The number of hydrogen-bond donors (Lipinski definition) is 1. The minimum atomic E-state index is -3.55. The smallest absolute Gasteiger partial charge is 0.243 e. The Bertz CT molecular complexity index is 598. The summed E-state index contributed by atoms with van der Waals surface area (Å²) in [6, 6.07) is 4.61. The van der Waals surface area contributed by atoms with Gasteiger partial charge in [0.2, 0.25) is 10.0 Å². The second-order valence-corrected chi connectivity index (χ2v) is 7.58. The number of rotatable bonds is 5. The van der Waals surface area contributed by atoms with Crippen LogP contribution in [0.4, 0.5) is 0 Å². The fraction of sp³-hybridized carbons (Fsp3) is 0.600. The highest BCUT2D eigenvalue weighted by atomic mass is 32.2. The number of aryl methyl sites for hydroxylation is 1. The number of aliphatic hydroxyl groups excluding tert-OH is 1. The zero-order chi connectivity index (χ0) is 15.6. The molecule has 0 spiro atoms. The monoisotopic (exact) mass is 313 g/mol. The Morgan fingerprint density at radius 2 is 2.14 bits per heavy atom. The topological polar surface area (TPSA) is 66.8 Å². The standard InChI is InChI=1S/C15H23NO4S/c1-11(2)20-15-7-6-14(9-12(15)3)21(18,19)16-8-4-5-13(16)10-17/h6-7,9,11,13,17H,4-5,8,10H2,1-3H3. The van der Waals surface area contributed by atoms with Crippen molar-refractivity contribution >= 4 is 10.0 Å². The molecule has 21 heavy (non-hydrogen) atoms. The molecule has 5 nitrogen and oxygen atoms in total. The van der Waals surface area contributed by atoms with Crippen molar-refractivity contribution in [2.45, 2.75) is 50.7 Å². The average Bonchev–Trinajstić information content (AvgIpc) is 2.89. The lowest BCUT2D eigenvalue weighted by Gasteiger charge is -2.23. The maximum absolute atomic E-state index is 12.7.